The summed E-state index contributed by atoms with van der Waals surface area (Å²) in [5.74, 6) is -0.314. The number of nitroso groups, excluding NO2 is 1. The first-order valence-electron chi connectivity index (χ1n) is 2.55. The van der Waals surface area contributed by atoms with E-state index < -0.39 is 0 Å². The predicted octanol–water partition coefficient (Wildman–Crippen LogP) is 0.410. The molecule has 8 heteroatoms. The molecule has 0 radical (unpaired) electrons. The molecule has 0 aromatic carbocycles. The van der Waals surface area contributed by atoms with Crippen molar-refractivity contribution in [2.24, 2.45) is 5.18 Å². The van der Waals surface area contributed by atoms with E-state index >= 15 is 0 Å². The minimum atomic E-state index is -0.274. The van der Waals surface area contributed by atoms with Crippen LogP contribution in [0, 0.1) is 4.91 Å². The first-order chi connectivity index (χ1) is 5.33. The van der Waals surface area contributed by atoms with Crippen LogP contribution in [0.4, 0.5) is 17.3 Å². The molecule has 0 bridgehead atoms. The number of hydrogen-bond donors (Lipinski definition) is 5. The first kappa shape index (κ1) is 7.44. The summed E-state index contributed by atoms with van der Waals surface area (Å²) in [6, 6.07) is 0. The highest BCUT2D eigenvalue weighted by Crippen LogP contribution is 2.28. The molecule has 0 fully saturated rings. The molecule has 0 amide bonds. The van der Waals surface area contributed by atoms with Crippen molar-refractivity contribution in [3.63, 3.8) is 0 Å². The molecule has 11 heavy (non-hydrogen) atoms. The van der Waals surface area contributed by atoms with Gasteiger partial charge in [0.2, 0.25) is 5.82 Å². The molecule has 1 aromatic rings. The number of H-pyrrole nitrogens is 1. The number of nitrogens with zero attached hydrogens (tertiary/aromatic N) is 2. The monoisotopic (exact) mass is 159 g/mol. The van der Waals surface area contributed by atoms with Crippen LogP contribution in [0.2, 0.25) is 0 Å². The second-order valence-electron chi connectivity index (χ2n) is 1.61. The smallest absolute Gasteiger partial charge is 0.244 e. The van der Waals surface area contributed by atoms with Gasteiger partial charge in [-0.3, -0.25) is 26.5 Å². The van der Waals surface area contributed by atoms with Crippen LogP contribution >= 0.6 is 0 Å². The lowest BCUT2D eigenvalue weighted by Crippen LogP contribution is -1.95. The third kappa shape index (κ3) is 1.11. The van der Waals surface area contributed by atoms with Gasteiger partial charge in [-0.15, -0.1) is 10.0 Å². The van der Waals surface area contributed by atoms with E-state index in [-0.39, 0.29) is 17.3 Å². The van der Waals surface area contributed by atoms with Crippen molar-refractivity contribution in [3.05, 3.63) is 4.91 Å². The van der Waals surface area contributed by atoms with Crippen molar-refractivity contribution < 1.29 is 10.4 Å². The van der Waals surface area contributed by atoms with E-state index in [1.165, 1.54) is 0 Å². The maximum Gasteiger partial charge on any atom is 0.244 e. The van der Waals surface area contributed by atoms with Crippen LogP contribution in [0.15, 0.2) is 5.18 Å². The lowest BCUT2D eigenvalue weighted by atomic mass is 10.5. The molecule has 0 atom stereocenters. The highest BCUT2D eigenvalue weighted by molar-refractivity contribution is 5.73. The van der Waals surface area contributed by atoms with Crippen LogP contribution in [-0.2, 0) is 0 Å². The van der Waals surface area contributed by atoms with E-state index in [1.54, 1.807) is 11.0 Å². The van der Waals surface area contributed by atoms with Crippen molar-refractivity contribution in [3.8, 4) is 0 Å². The van der Waals surface area contributed by atoms with Gasteiger partial charge in [-0.2, -0.15) is 0 Å². The van der Waals surface area contributed by atoms with Crippen molar-refractivity contribution in [1.29, 1.82) is 0 Å². The molecule has 0 unspecified atom stereocenters. The average molecular weight is 159 g/mol. The van der Waals surface area contributed by atoms with E-state index in [9.17, 15) is 4.91 Å². The zero-order valence-corrected chi connectivity index (χ0v) is 5.20. The van der Waals surface area contributed by atoms with Crippen LogP contribution in [-0.4, -0.2) is 20.6 Å². The van der Waals surface area contributed by atoms with Gasteiger partial charge in [0.15, 0.2) is 11.5 Å². The average Bonchev–Trinajstić information content (AvgIpc) is 2.45. The summed E-state index contributed by atoms with van der Waals surface area (Å²) in [6.07, 6.45) is 0. The molecule has 0 aliphatic carbocycles. The van der Waals surface area contributed by atoms with Crippen LogP contribution < -0.4 is 11.0 Å². The lowest BCUT2D eigenvalue weighted by molar-refractivity contribution is 0.376. The van der Waals surface area contributed by atoms with Gasteiger partial charge < -0.3 is 0 Å². The van der Waals surface area contributed by atoms with Gasteiger partial charge in [0, 0.05) is 0 Å². The second kappa shape index (κ2) is 2.94. The topological polar surface area (TPSA) is 123 Å². The number of rotatable bonds is 3. The fourth-order valence-corrected chi connectivity index (χ4v) is 0.585. The fourth-order valence-electron chi connectivity index (χ4n) is 0.585. The normalized spacial score (nSPS) is 9.27. The largest absolute Gasteiger partial charge is 0.291 e. The standard InChI is InChI=1S/C3H5N5O3/c9-6-1-2(7-10)4-5-3(1)8-11/h6,9-10H,(H2,4,5,7). The Morgan fingerprint density at radius 1 is 1.45 bits per heavy atom. The summed E-state index contributed by atoms with van der Waals surface area (Å²) in [6.45, 7) is 0. The van der Waals surface area contributed by atoms with Gasteiger partial charge in [0.1, 0.15) is 0 Å². The molecule has 1 rings (SSSR count). The molecule has 0 saturated heterocycles. The van der Waals surface area contributed by atoms with Gasteiger partial charge >= 0.3 is 0 Å². The molecule has 0 aliphatic rings. The molecule has 8 nitrogen and oxygen atoms in total. The number of aromatic nitrogens is 2. The van der Waals surface area contributed by atoms with Crippen LogP contribution in [0.1, 0.15) is 0 Å². The maximum absolute atomic E-state index is 9.92. The Kier molecular flexibility index (Phi) is 1.99. The predicted molar refractivity (Wildman–Crippen MR) is 34.9 cm³/mol. The molecule has 60 valence electrons. The summed E-state index contributed by atoms with van der Waals surface area (Å²) in [4.78, 5) is 9.92. The van der Waals surface area contributed by atoms with Gasteiger partial charge in [0.25, 0.3) is 0 Å². The van der Waals surface area contributed by atoms with Crippen molar-refractivity contribution >= 4 is 17.3 Å². The Labute approximate surface area is 60.1 Å². The third-order valence-corrected chi connectivity index (χ3v) is 1.06. The summed E-state index contributed by atoms with van der Waals surface area (Å²) in [5.41, 5.74) is 3.19. The zero-order chi connectivity index (χ0) is 8.27. The van der Waals surface area contributed by atoms with Gasteiger partial charge in [-0.05, 0) is 5.18 Å². The van der Waals surface area contributed by atoms with E-state index in [0.717, 1.165) is 0 Å². The first-order valence-corrected chi connectivity index (χ1v) is 2.55. The SMILES string of the molecule is O=Nc1n[nH]c(NO)c1NO. The second-order valence-corrected chi connectivity index (χ2v) is 1.61. The van der Waals surface area contributed by atoms with Crippen molar-refractivity contribution in [2.45, 2.75) is 0 Å². The summed E-state index contributed by atoms with van der Waals surface area (Å²) < 4.78 is 0. The lowest BCUT2D eigenvalue weighted by Gasteiger charge is -1.96. The molecule has 0 aliphatic heterocycles. The van der Waals surface area contributed by atoms with Crippen molar-refractivity contribution in [2.75, 3.05) is 11.0 Å². The van der Waals surface area contributed by atoms with E-state index in [0.29, 0.717) is 0 Å². The summed E-state index contributed by atoms with van der Waals surface area (Å²) in [7, 11) is 0. The number of nitrogens with one attached hydrogen (secondary N) is 3. The summed E-state index contributed by atoms with van der Waals surface area (Å²) in [5, 5.41) is 24.7. The molecule has 5 N–H and O–H groups in total. The third-order valence-electron chi connectivity index (χ3n) is 1.06. The van der Waals surface area contributed by atoms with Crippen LogP contribution in [0.5, 0.6) is 0 Å². The fraction of sp³-hybridized carbons (Fsp3) is 0. The number of anilines is 2. The zero-order valence-electron chi connectivity index (χ0n) is 5.20. The van der Waals surface area contributed by atoms with Crippen molar-refractivity contribution in [1.82, 2.24) is 10.2 Å². The Morgan fingerprint density at radius 2 is 2.18 bits per heavy atom. The minimum Gasteiger partial charge on any atom is -0.291 e. The van der Waals surface area contributed by atoms with Gasteiger partial charge in [0.05, 0.1) is 0 Å². The Balaban J connectivity index is 3.08. The molecule has 1 aromatic heterocycles. The van der Waals surface area contributed by atoms with E-state index in [4.69, 9.17) is 10.4 Å². The molecular formula is C3H5N5O3. The highest BCUT2D eigenvalue weighted by Gasteiger charge is 2.11. The van der Waals surface area contributed by atoms with E-state index in [2.05, 4.69) is 15.4 Å². The molecule has 0 saturated carbocycles. The Morgan fingerprint density at radius 3 is 2.64 bits per heavy atom. The van der Waals surface area contributed by atoms with Crippen LogP contribution in [0.3, 0.4) is 0 Å². The highest BCUT2D eigenvalue weighted by atomic mass is 16.5. The number of aromatic amines is 1. The molecule has 1 heterocycles. The molecule has 0 spiro atoms. The maximum atomic E-state index is 9.92. The Bertz CT molecular complexity index is 257. The van der Waals surface area contributed by atoms with Gasteiger partial charge in [-0.25, -0.2) is 0 Å². The van der Waals surface area contributed by atoms with Crippen LogP contribution in [0.25, 0.3) is 0 Å². The van der Waals surface area contributed by atoms with E-state index in [1.807, 2.05) is 0 Å². The number of hydrogen-bond acceptors (Lipinski definition) is 7. The van der Waals surface area contributed by atoms with Gasteiger partial charge in [-0.1, -0.05) is 0 Å². The minimum absolute atomic E-state index is 0.0397. The quantitative estimate of drug-likeness (QED) is 0.321. The molecular weight excluding hydrogens is 154 g/mol. The Hall–Kier alpha value is -1.67. The summed E-state index contributed by atoms with van der Waals surface area (Å²) >= 11 is 0.